The molecule has 0 fully saturated rings. The van der Waals surface area contributed by atoms with Gasteiger partial charge in [-0.3, -0.25) is 0 Å². The molecule has 1 heterocycles. The molecule has 2 aromatic rings. The summed E-state index contributed by atoms with van der Waals surface area (Å²) in [7, 11) is -1.67. The molecule has 1 aromatic heterocycles. The van der Waals surface area contributed by atoms with E-state index < -0.39 is 8.32 Å². The van der Waals surface area contributed by atoms with Crippen LogP contribution in [0.2, 0.25) is 19.6 Å². The Kier molecular flexibility index (Phi) is 3.57. The van der Waals surface area contributed by atoms with Gasteiger partial charge in [-0.1, -0.05) is 30.3 Å². The highest BCUT2D eigenvalue weighted by Crippen LogP contribution is 2.25. The van der Waals surface area contributed by atoms with Crippen molar-refractivity contribution in [2.75, 3.05) is 0 Å². The van der Waals surface area contributed by atoms with Crippen LogP contribution in [0.4, 0.5) is 0 Å². The number of aryl methyl sites for hydroxylation is 1. The molecule has 3 nitrogen and oxygen atoms in total. The highest BCUT2D eigenvalue weighted by atomic mass is 28.4. The summed E-state index contributed by atoms with van der Waals surface area (Å²) in [4.78, 5) is 4.42. The molecule has 0 N–H and O–H groups in total. The van der Waals surface area contributed by atoms with Crippen molar-refractivity contribution in [3.05, 3.63) is 47.5 Å². The first kappa shape index (κ1) is 12.9. The monoisotopic (exact) mass is 261 g/mol. The fraction of sp³-hybridized carbons (Fsp3) is 0.357. The predicted octanol–water partition coefficient (Wildman–Crippen LogP) is 3.79. The van der Waals surface area contributed by atoms with E-state index in [0.29, 0.717) is 11.8 Å². The van der Waals surface area contributed by atoms with Gasteiger partial charge < -0.3 is 8.84 Å². The van der Waals surface area contributed by atoms with Gasteiger partial charge in [-0.05, 0) is 25.2 Å². The van der Waals surface area contributed by atoms with Gasteiger partial charge in [0.1, 0.15) is 5.69 Å². The lowest BCUT2D eigenvalue weighted by Crippen LogP contribution is -2.29. The first-order chi connectivity index (χ1) is 8.44. The Morgan fingerprint density at radius 1 is 1.17 bits per heavy atom. The van der Waals surface area contributed by atoms with Gasteiger partial charge >= 0.3 is 0 Å². The van der Waals surface area contributed by atoms with Crippen molar-refractivity contribution in [1.29, 1.82) is 0 Å². The van der Waals surface area contributed by atoms with Crippen LogP contribution in [0.3, 0.4) is 0 Å². The van der Waals surface area contributed by atoms with Gasteiger partial charge in [0.15, 0.2) is 5.89 Å². The van der Waals surface area contributed by atoms with E-state index in [1.807, 2.05) is 25.1 Å². The van der Waals surface area contributed by atoms with Gasteiger partial charge in [0, 0.05) is 13.3 Å². The molecule has 0 radical (unpaired) electrons. The topological polar surface area (TPSA) is 35.3 Å². The molecule has 0 unspecified atom stereocenters. The van der Waals surface area contributed by atoms with Crippen molar-refractivity contribution in [1.82, 2.24) is 4.98 Å². The molecular weight excluding hydrogens is 242 g/mol. The summed E-state index contributed by atoms with van der Waals surface area (Å²) in [5.41, 5.74) is 2.10. The van der Waals surface area contributed by atoms with Gasteiger partial charge in [-0.2, -0.15) is 0 Å². The molecule has 18 heavy (non-hydrogen) atoms. The molecule has 0 aliphatic rings. The van der Waals surface area contributed by atoms with Crippen LogP contribution >= 0.6 is 0 Å². The van der Waals surface area contributed by atoms with E-state index in [-0.39, 0.29) is 0 Å². The van der Waals surface area contributed by atoms with Gasteiger partial charge in [0.05, 0.1) is 0 Å². The van der Waals surface area contributed by atoms with Crippen LogP contribution in [0, 0.1) is 6.92 Å². The Labute approximate surface area is 109 Å². The molecule has 0 bridgehead atoms. The Bertz CT molecular complexity index is 514. The third-order valence-electron chi connectivity index (χ3n) is 2.38. The molecule has 0 atom stereocenters. The molecular formula is C14H19NO2Si. The van der Waals surface area contributed by atoms with E-state index in [4.69, 9.17) is 8.84 Å². The van der Waals surface area contributed by atoms with Gasteiger partial charge in [-0.25, -0.2) is 4.98 Å². The average Bonchev–Trinajstić information content (AvgIpc) is 2.57. The maximum Gasteiger partial charge on any atom is 0.295 e. The second-order valence-corrected chi connectivity index (χ2v) is 9.77. The van der Waals surface area contributed by atoms with Crippen molar-refractivity contribution in [3.63, 3.8) is 0 Å². The zero-order valence-corrected chi connectivity index (χ0v) is 12.4. The number of aromatic nitrogens is 1. The second-order valence-electron chi connectivity index (χ2n) is 5.34. The fourth-order valence-electron chi connectivity index (χ4n) is 1.71. The first-order valence-electron chi connectivity index (χ1n) is 6.13. The van der Waals surface area contributed by atoms with E-state index in [1.54, 1.807) is 0 Å². The lowest BCUT2D eigenvalue weighted by atomic mass is 10.1. The highest BCUT2D eigenvalue weighted by molar-refractivity contribution is 6.70. The Morgan fingerprint density at radius 2 is 1.83 bits per heavy atom. The summed E-state index contributed by atoms with van der Waals surface area (Å²) in [6.45, 7) is 8.26. The molecule has 4 heteroatoms. The maximum absolute atomic E-state index is 5.94. The minimum Gasteiger partial charge on any atom is -0.518 e. The number of nitrogens with zero attached hydrogens (tertiary/aromatic N) is 1. The van der Waals surface area contributed by atoms with Crippen LogP contribution in [0.5, 0.6) is 5.95 Å². The fourth-order valence-corrected chi connectivity index (χ4v) is 2.43. The van der Waals surface area contributed by atoms with E-state index in [2.05, 4.69) is 36.8 Å². The van der Waals surface area contributed by atoms with E-state index in [1.165, 1.54) is 5.56 Å². The van der Waals surface area contributed by atoms with Crippen LogP contribution < -0.4 is 4.43 Å². The highest BCUT2D eigenvalue weighted by Gasteiger charge is 2.22. The summed E-state index contributed by atoms with van der Waals surface area (Å²) in [6.07, 6.45) is 0.748. The number of hydrogen-bond donors (Lipinski definition) is 0. The average molecular weight is 261 g/mol. The lowest BCUT2D eigenvalue weighted by Gasteiger charge is -2.17. The van der Waals surface area contributed by atoms with Crippen LogP contribution in [-0.4, -0.2) is 13.3 Å². The summed E-state index contributed by atoms with van der Waals surface area (Å²) >= 11 is 0. The van der Waals surface area contributed by atoms with E-state index >= 15 is 0 Å². The maximum atomic E-state index is 5.94. The molecule has 0 spiro atoms. The SMILES string of the molecule is Cc1nc(Cc2ccccc2)c(O[Si](C)(C)C)o1. The van der Waals surface area contributed by atoms with Crippen molar-refractivity contribution >= 4 is 8.32 Å². The molecule has 0 saturated carbocycles. The van der Waals surface area contributed by atoms with Crippen LogP contribution in [0.1, 0.15) is 17.1 Å². The summed E-state index contributed by atoms with van der Waals surface area (Å²) in [6, 6.07) is 10.2. The van der Waals surface area contributed by atoms with Crippen LogP contribution in [-0.2, 0) is 6.42 Å². The summed E-state index contributed by atoms with van der Waals surface area (Å²) in [5, 5.41) is 0. The van der Waals surface area contributed by atoms with Crippen molar-refractivity contribution in [3.8, 4) is 5.95 Å². The smallest absolute Gasteiger partial charge is 0.295 e. The number of rotatable bonds is 4. The van der Waals surface area contributed by atoms with Crippen LogP contribution in [0.25, 0.3) is 0 Å². The summed E-state index contributed by atoms with van der Waals surface area (Å²) < 4.78 is 11.5. The quantitative estimate of drug-likeness (QED) is 0.785. The summed E-state index contributed by atoms with van der Waals surface area (Å²) in [5.74, 6) is 1.25. The molecule has 0 amide bonds. The minimum absolute atomic E-state index is 0.593. The standard InChI is InChI=1S/C14H19NO2Si/c1-11-15-13(10-12-8-6-5-7-9-12)14(16-11)17-18(2,3)4/h5-9H,10H2,1-4H3. The van der Waals surface area contributed by atoms with Crippen molar-refractivity contribution in [2.24, 2.45) is 0 Å². The van der Waals surface area contributed by atoms with Gasteiger partial charge in [0.2, 0.25) is 8.32 Å². The third-order valence-corrected chi connectivity index (χ3v) is 3.18. The molecule has 2 rings (SSSR count). The van der Waals surface area contributed by atoms with Crippen molar-refractivity contribution < 1.29 is 8.84 Å². The molecule has 0 saturated heterocycles. The Hall–Kier alpha value is -1.55. The molecule has 0 aliphatic heterocycles. The number of benzene rings is 1. The zero-order valence-electron chi connectivity index (χ0n) is 11.4. The largest absolute Gasteiger partial charge is 0.518 e. The predicted molar refractivity (Wildman–Crippen MR) is 74.5 cm³/mol. The molecule has 0 aliphatic carbocycles. The molecule has 96 valence electrons. The normalized spacial score (nSPS) is 11.6. The minimum atomic E-state index is -1.67. The van der Waals surface area contributed by atoms with Gasteiger partial charge in [0.25, 0.3) is 5.95 Å². The number of oxazole rings is 1. The van der Waals surface area contributed by atoms with Gasteiger partial charge in [-0.15, -0.1) is 0 Å². The van der Waals surface area contributed by atoms with E-state index in [0.717, 1.165) is 12.1 Å². The Balaban J connectivity index is 2.23. The van der Waals surface area contributed by atoms with Crippen molar-refractivity contribution in [2.45, 2.75) is 33.0 Å². The third kappa shape index (κ3) is 3.47. The first-order valence-corrected chi connectivity index (χ1v) is 9.54. The number of hydrogen-bond acceptors (Lipinski definition) is 3. The lowest BCUT2D eigenvalue weighted by molar-refractivity contribution is 0.369. The second kappa shape index (κ2) is 4.98. The van der Waals surface area contributed by atoms with E-state index in [9.17, 15) is 0 Å². The van der Waals surface area contributed by atoms with Crippen LogP contribution in [0.15, 0.2) is 34.7 Å². The Morgan fingerprint density at radius 3 is 2.44 bits per heavy atom. The molecule has 1 aromatic carbocycles. The zero-order chi connectivity index (χ0) is 13.2.